The third-order valence-corrected chi connectivity index (χ3v) is 5.25. The molecule has 0 aliphatic carbocycles. The van der Waals surface area contributed by atoms with E-state index in [9.17, 15) is 24.6 Å². The highest BCUT2D eigenvalue weighted by Crippen LogP contribution is 2.22. The maximum absolute atomic E-state index is 12.0. The van der Waals surface area contributed by atoms with E-state index in [1.54, 1.807) is 48.7 Å². The van der Waals surface area contributed by atoms with Crippen molar-refractivity contribution < 1.29 is 29.3 Å². The van der Waals surface area contributed by atoms with E-state index in [0.717, 1.165) is 16.2 Å². The summed E-state index contributed by atoms with van der Waals surface area (Å²) >= 11 is 3.32. The lowest BCUT2D eigenvalue weighted by Crippen LogP contribution is -2.24. The minimum absolute atomic E-state index is 0.134. The Labute approximate surface area is 197 Å². The van der Waals surface area contributed by atoms with Crippen molar-refractivity contribution in [1.29, 1.82) is 0 Å². The Morgan fingerprint density at radius 2 is 1.64 bits per heavy atom. The Morgan fingerprint density at radius 3 is 2.21 bits per heavy atom. The maximum Gasteiger partial charge on any atom is 0.335 e. The molecule has 1 amide bonds. The molecule has 0 unspecified atom stereocenters. The minimum Gasteiger partial charge on any atom is -0.484 e. The molecule has 3 N–H and O–H groups in total. The molecule has 3 rings (SSSR count). The lowest BCUT2D eigenvalue weighted by Gasteiger charge is -2.12. The highest BCUT2D eigenvalue weighted by atomic mass is 79.9. The quantitative estimate of drug-likeness (QED) is 0.310. The van der Waals surface area contributed by atoms with Gasteiger partial charge in [-0.05, 0) is 62.4 Å². The molecule has 9 nitrogen and oxygen atoms in total. The molecule has 0 radical (unpaired) electrons. The number of aromatic carboxylic acids is 2. The van der Waals surface area contributed by atoms with E-state index in [1.165, 1.54) is 18.3 Å². The van der Waals surface area contributed by atoms with E-state index in [-0.39, 0.29) is 17.7 Å². The summed E-state index contributed by atoms with van der Waals surface area (Å²) in [6.07, 6.45) is 1.45. The van der Waals surface area contributed by atoms with Gasteiger partial charge in [-0.3, -0.25) is 4.79 Å². The second kappa shape index (κ2) is 10.1. The number of amides is 1. The van der Waals surface area contributed by atoms with Crippen LogP contribution in [0.2, 0.25) is 0 Å². The molecule has 170 valence electrons. The largest absolute Gasteiger partial charge is 0.484 e. The summed E-state index contributed by atoms with van der Waals surface area (Å²) in [5.74, 6) is -2.35. The van der Waals surface area contributed by atoms with Gasteiger partial charge >= 0.3 is 11.9 Å². The van der Waals surface area contributed by atoms with Crippen molar-refractivity contribution in [3.05, 3.63) is 81.1 Å². The Hall–Kier alpha value is -3.92. The van der Waals surface area contributed by atoms with E-state index < -0.39 is 17.8 Å². The van der Waals surface area contributed by atoms with E-state index in [0.29, 0.717) is 22.7 Å². The number of carbonyl (C=O) groups is 3. The average Bonchev–Trinajstić information content (AvgIpc) is 3.05. The number of halogens is 1. The molecule has 2 aromatic carbocycles. The third-order valence-electron chi connectivity index (χ3n) is 4.72. The van der Waals surface area contributed by atoms with Crippen molar-refractivity contribution in [3.8, 4) is 11.4 Å². The Balaban J connectivity index is 1.75. The lowest BCUT2D eigenvalue weighted by molar-refractivity contribution is -0.123. The van der Waals surface area contributed by atoms with Gasteiger partial charge in [-0.25, -0.2) is 15.0 Å². The summed E-state index contributed by atoms with van der Waals surface area (Å²) in [5.41, 5.74) is 4.61. The first-order valence-electron chi connectivity index (χ1n) is 9.67. The number of aryl methyl sites for hydroxylation is 1. The fourth-order valence-electron chi connectivity index (χ4n) is 3.19. The third kappa shape index (κ3) is 5.86. The summed E-state index contributed by atoms with van der Waals surface area (Å²) in [5, 5.41) is 22.6. The Kier molecular flexibility index (Phi) is 7.29. The first-order valence-corrected chi connectivity index (χ1v) is 10.5. The highest BCUT2D eigenvalue weighted by Gasteiger charge is 2.16. The van der Waals surface area contributed by atoms with Gasteiger partial charge in [0.05, 0.1) is 17.3 Å². The van der Waals surface area contributed by atoms with Crippen LogP contribution in [-0.2, 0) is 4.79 Å². The van der Waals surface area contributed by atoms with Gasteiger partial charge in [0.2, 0.25) is 0 Å². The zero-order valence-corrected chi connectivity index (χ0v) is 19.3. The van der Waals surface area contributed by atoms with Crippen LogP contribution in [0.15, 0.2) is 58.1 Å². The van der Waals surface area contributed by atoms with Gasteiger partial charge in [0, 0.05) is 27.1 Å². The predicted molar refractivity (Wildman–Crippen MR) is 125 cm³/mol. The van der Waals surface area contributed by atoms with Crippen LogP contribution < -0.4 is 10.2 Å². The molecule has 10 heteroatoms. The summed E-state index contributed by atoms with van der Waals surface area (Å²) in [4.78, 5) is 34.8. The van der Waals surface area contributed by atoms with Crippen LogP contribution in [0.1, 0.15) is 37.7 Å². The van der Waals surface area contributed by atoms with Crippen molar-refractivity contribution in [2.24, 2.45) is 5.10 Å². The van der Waals surface area contributed by atoms with Crippen molar-refractivity contribution in [3.63, 3.8) is 0 Å². The van der Waals surface area contributed by atoms with Crippen LogP contribution in [0.25, 0.3) is 5.69 Å². The van der Waals surface area contributed by atoms with E-state index in [1.807, 2.05) is 0 Å². The molecular weight excluding hydrogens is 494 g/mol. The predicted octanol–water partition coefficient (Wildman–Crippen LogP) is 3.78. The fraction of sp³-hybridized carbons (Fsp3) is 0.130. The van der Waals surface area contributed by atoms with E-state index in [2.05, 4.69) is 26.5 Å². The number of hydrazone groups is 1. The molecule has 0 saturated carbocycles. The molecule has 0 saturated heterocycles. The van der Waals surface area contributed by atoms with Crippen molar-refractivity contribution >= 4 is 40.0 Å². The van der Waals surface area contributed by atoms with Gasteiger partial charge in [0.25, 0.3) is 5.91 Å². The van der Waals surface area contributed by atoms with Gasteiger partial charge < -0.3 is 19.5 Å². The molecule has 3 aromatic rings. The number of carboxylic acid groups (broad SMARTS) is 2. The molecule has 0 bridgehead atoms. The molecule has 0 fully saturated rings. The van der Waals surface area contributed by atoms with Crippen molar-refractivity contribution in [1.82, 2.24) is 9.99 Å². The molecule has 1 aromatic heterocycles. The number of carboxylic acids is 2. The first kappa shape index (κ1) is 23.7. The number of nitrogens with one attached hydrogen (secondary N) is 1. The number of rotatable bonds is 8. The van der Waals surface area contributed by atoms with Crippen LogP contribution in [-0.4, -0.2) is 45.4 Å². The first-order chi connectivity index (χ1) is 15.7. The molecule has 0 aliphatic heterocycles. The second-order valence-electron chi connectivity index (χ2n) is 7.08. The minimum atomic E-state index is -1.23. The normalized spacial score (nSPS) is 10.9. The summed E-state index contributed by atoms with van der Waals surface area (Å²) in [7, 11) is 0. The Bertz CT molecular complexity index is 1220. The highest BCUT2D eigenvalue weighted by molar-refractivity contribution is 9.10. The van der Waals surface area contributed by atoms with Gasteiger partial charge in [-0.15, -0.1) is 0 Å². The number of ether oxygens (including phenoxy) is 1. The Morgan fingerprint density at radius 1 is 1.03 bits per heavy atom. The average molecular weight is 514 g/mol. The topological polar surface area (TPSA) is 130 Å². The van der Waals surface area contributed by atoms with Crippen LogP contribution in [0.5, 0.6) is 5.75 Å². The number of carbonyl (C=O) groups excluding carboxylic acids is 1. The van der Waals surface area contributed by atoms with E-state index in [4.69, 9.17) is 4.74 Å². The van der Waals surface area contributed by atoms with Crippen molar-refractivity contribution in [2.45, 2.75) is 13.8 Å². The molecular formula is C23H20BrN3O6. The molecule has 0 atom stereocenters. The van der Waals surface area contributed by atoms with Crippen molar-refractivity contribution in [2.75, 3.05) is 6.61 Å². The second-order valence-corrected chi connectivity index (χ2v) is 7.99. The molecule has 1 heterocycles. The number of nitrogens with zero attached hydrogens (tertiary/aromatic N) is 2. The smallest absolute Gasteiger partial charge is 0.335 e. The van der Waals surface area contributed by atoms with Crippen LogP contribution in [0.3, 0.4) is 0 Å². The maximum atomic E-state index is 12.0. The molecule has 0 spiro atoms. The summed E-state index contributed by atoms with van der Waals surface area (Å²) < 4.78 is 8.00. The van der Waals surface area contributed by atoms with Crippen LogP contribution in [0, 0.1) is 13.8 Å². The molecule has 33 heavy (non-hydrogen) atoms. The number of benzene rings is 2. The zero-order chi connectivity index (χ0) is 24.1. The van der Waals surface area contributed by atoms with Crippen LogP contribution in [0.4, 0.5) is 0 Å². The number of aromatic nitrogens is 1. The number of hydrogen-bond donors (Lipinski definition) is 3. The van der Waals surface area contributed by atoms with E-state index >= 15 is 0 Å². The van der Waals surface area contributed by atoms with Gasteiger partial charge in [-0.1, -0.05) is 15.9 Å². The fourth-order valence-corrected chi connectivity index (χ4v) is 3.45. The number of hydrogen-bond acceptors (Lipinski definition) is 5. The van der Waals surface area contributed by atoms with Gasteiger partial charge in [0.1, 0.15) is 5.75 Å². The van der Waals surface area contributed by atoms with Gasteiger partial charge in [0.15, 0.2) is 6.61 Å². The summed E-state index contributed by atoms with van der Waals surface area (Å²) in [6.45, 7) is 3.36. The van der Waals surface area contributed by atoms with Gasteiger partial charge in [-0.2, -0.15) is 5.10 Å². The lowest BCUT2D eigenvalue weighted by atomic mass is 10.1. The molecule has 0 aliphatic rings. The zero-order valence-electron chi connectivity index (χ0n) is 17.7. The summed E-state index contributed by atoms with van der Waals surface area (Å²) in [6, 6.07) is 12.7. The SMILES string of the molecule is Cc1cc(/C=N\NC(=O)COc2ccc(Br)cc2)c(C)n1-c1cc(C(=O)O)cc(C(=O)O)c1. The standard InChI is InChI=1S/C23H20BrN3O6/c1-13-7-17(11-25-26-21(28)12-33-20-5-3-18(24)4-6-20)14(2)27(13)19-9-15(22(29)30)8-16(10-19)23(31)32/h3-11H,12H2,1-2H3,(H,26,28)(H,29,30)(H,31,32)/b25-11-. The van der Waals surface area contributed by atoms with Crippen LogP contribution >= 0.6 is 15.9 Å². The monoisotopic (exact) mass is 513 g/mol.